The summed E-state index contributed by atoms with van der Waals surface area (Å²) in [4.78, 5) is 23.0. The standard InChI is InChI=1S/C25H48O4/c1-22(2)28-23(26)20-18-16-14-12-10-8-6-7-9-11-13-15-17-19-21-24(27)29-25(3,4)5/h22H,6-21H2,1-5H3. The van der Waals surface area contributed by atoms with E-state index >= 15 is 0 Å². The quantitative estimate of drug-likeness (QED) is 0.172. The molecule has 172 valence electrons. The molecule has 29 heavy (non-hydrogen) atoms. The summed E-state index contributed by atoms with van der Waals surface area (Å²) in [6.07, 6.45) is 18.4. The summed E-state index contributed by atoms with van der Waals surface area (Å²) in [5, 5.41) is 0. The fraction of sp³-hybridized carbons (Fsp3) is 0.920. The summed E-state index contributed by atoms with van der Waals surface area (Å²) < 4.78 is 10.5. The normalized spacial score (nSPS) is 11.7. The topological polar surface area (TPSA) is 52.6 Å². The van der Waals surface area contributed by atoms with Crippen molar-refractivity contribution < 1.29 is 19.1 Å². The number of carbonyl (C=O) groups is 2. The van der Waals surface area contributed by atoms with Crippen LogP contribution in [0.15, 0.2) is 0 Å². The predicted molar refractivity (Wildman–Crippen MR) is 121 cm³/mol. The minimum Gasteiger partial charge on any atom is -0.463 e. The van der Waals surface area contributed by atoms with Gasteiger partial charge in [-0.25, -0.2) is 0 Å². The summed E-state index contributed by atoms with van der Waals surface area (Å²) in [6.45, 7) is 9.54. The molecule has 0 aliphatic heterocycles. The van der Waals surface area contributed by atoms with Crippen LogP contribution >= 0.6 is 0 Å². The van der Waals surface area contributed by atoms with Crippen LogP contribution in [0, 0.1) is 0 Å². The molecule has 0 atom stereocenters. The summed E-state index contributed by atoms with van der Waals surface area (Å²) in [6, 6.07) is 0. The Morgan fingerprint density at radius 3 is 1.21 bits per heavy atom. The van der Waals surface area contributed by atoms with E-state index in [-0.39, 0.29) is 23.6 Å². The summed E-state index contributed by atoms with van der Waals surface area (Å²) in [5.74, 6) is -0.117. The summed E-state index contributed by atoms with van der Waals surface area (Å²) in [5.41, 5.74) is -0.361. The maximum absolute atomic E-state index is 11.6. The molecule has 4 heteroatoms. The average molecular weight is 413 g/mol. The van der Waals surface area contributed by atoms with Crippen molar-refractivity contribution in [2.24, 2.45) is 0 Å². The summed E-state index contributed by atoms with van der Waals surface area (Å²) in [7, 11) is 0. The second kappa shape index (κ2) is 17.8. The molecule has 0 saturated heterocycles. The van der Waals surface area contributed by atoms with Crippen molar-refractivity contribution in [3.05, 3.63) is 0 Å². The van der Waals surface area contributed by atoms with E-state index in [1.54, 1.807) is 0 Å². The number of carbonyl (C=O) groups excluding carboxylic acids is 2. The lowest BCUT2D eigenvalue weighted by molar-refractivity contribution is -0.155. The Balaban J connectivity index is 3.21. The molecule has 0 aliphatic carbocycles. The highest BCUT2D eigenvalue weighted by atomic mass is 16.6. The van der Waals surface area contributed by atoms with Gasteiger partial charge in [-0.1, -0.05) is 77.0 Å². The number of hydrogen-bond acceptors (Lipinski definition) is 4. The lowest BCUT2D eigenvalue weighted by Crippen LogP contribution is -2.23. The molecular weight excluding hydrogens is 364 g/mol. The van der Waals surface area contributed by atoms with Gasteiger partial charge < -0.3 is 9.47 Å². The Labute approximate surface area is 180 Å². The van der Waals surface area contributed by atoms with Crippen molar-refractivity contribution in [1.82, 2.24) is 0 Å². The number of unbranched alkanes of at least 4 members (excludes halogenated alkanes) is 13. The monoisotopic (exact) mass is 412 g/mol. The van der Waals surface area contributed by atoms with Gasteiger partial charge in [0.15, 0.2) is 0 Å². The highest BCUT2D eigenvalue weighted by Crippen LogP contribution is 2.15. The highest BCUT2D eigenvalue weighted by molar-refractivity contribution is 5.69. The Morgan fingerprint density at radius 1 is 0.586 bits per heavy atom. The third-order valence-corrected chi connectivity index (χ3v) is 4.80. The highest BCUT2D eigenvalue weighted by Gasteiger charge is 2.15. The largest absolute Gasteiger partial charge is 0.463 e. The smallest absolute Gasteiger partial charge is 0.306 e. The molecule has 0 aliphatic rings. The van der Waals surface area contributed by atoms with Crippen molar-refractivity contribution in [2.75, 3.05) is 0 Å². The molecule has 0 saturated carbocycles. The minimum absolute atomic E-state index is 0.00617. The lowest BCUT2D eigenvalue weighted by Gasteiger charge is -2.19. The first kappa shape index (κ1) is 27.9. The maximum Gasteiger partial charge on any atom is 0.306 e. The van der Waals surface area contributed by atoms with Crippen molar-refractivity contribution in [3.8, 4) is 0 Å². The van der Waals surface area contributed by atoms with Crippen LogP contribution < -0.4 is 0 Å². The second-order valence-corrected chi connectivity index (χ2v) is 9.57. The van der Waals surface area contributed by atoms with Gasteiger partial charge in [0.1, 0.15) is 5.60 Å². The molecule has 0 aromatic heterocycles. The molecule has 0 N–H and O–H groups in total. The molecule has 0 rings (SSSR count). The van der Waals surface area contributed by atoms with Gasteiger partial charge in [-0.05, 0) is 47.5 Å². The molecule has 0 heterocycles. The van der Waals surface area contributed by atoms with Crippen LogP contribution in [-0.2, 0) is 19.1 Å². The van der Waals surface area contributed by atoms with Gasteiger partial charge in [-0.3, -0.25) is 9.59 Å². The van der Waals surface area contributed by atoms with Crippen molar-refractivity contribution >= 4 is 11.9 Å². The Hall–Kier alpha value is -1.06. The fourth-order valence-corrected chi connectivity index (χ4v) is 3.37. The maximum atomic E-state index is 11.6. The van der Waals surface area contributed by atoms with Crippen molar-refractivity contribution in [3.63, 3.8) is 0 Å². The Bertz CT molecular complexity index is 410. The van der Waals surface area contributed by atoms with Crippen LogP contribution in [0.2, 0.25) is 0 Å². The molecule has 0 unspecified atom stereocenters. The number of hydrogen-bond donors (Lipinski definition) is 0. The molecule has 0 amide bonds. The van der Waals surface area contributed by atoms with Gasteiger partial charge in [0.25, 0.3) is 0 Å². The van der Waals surface area contributed by atoms with Crippen LogP contribution in [-0.4, -0.2) is 23.6 Å². The van der Waals surface area contributed by atoms with Crippen LogP contribution in [0.4, 0.5) is 0 Å². The van der Waals surface area contributed by atoms with Crippen LogP contribution in [0.1, 0.15) is 137 Å². The molecule has 0 radical (unpaired) electrons. The molecular formula is C25H48O4. The van der Waals surface area contributed by atoms with E-state index in [1.807, 2.05) is 34.6 Å². The van der Waals surface area contributed by atoms with Gasteiger partial charge in [-0.2, -0.15) is 0 Å². The molecule has 0 aromatic carbocycles. The van der Waals surface area contributed by atoms with Crippen LogP contribution in [0.3, 0.4) is 0 Å². The van der Waals surface area contributed by atoms with Crippen LogP contribution in [0.25, 0.3) is 0 Å². The van der Waals surface area contributed by atoms with E-state index in [0.29, 0.717) is 12.8 Å². The fourth-order valence-electron chi connectivity index (χ4n) is 3.37. The average Bonchev–Trinajstić information content (AvgIpc) is 2.59. The molecule has 4 nitrogen and oxygen atoms in total. The number of esters is 2. The van der Waals surface area contributed by atoms with Gasteiger partial charge in [-0.15, -0.1) is 0 Å². The van der Waals surface area contributed by atoms with Gasteiger partial charge in [0, 0.05) is 12.8 Å². The molecule has 0 spiro atoms. The zero-order chi connectivity index (χ0) is 22.0. The molecule has 0 fully saturated rings. The van der Waals surface area contributed by atoms with Gasteiger partial charge in [0.2, 0.25) is 0 Å². The van der Waals surface area contributed by atoms with Gasteiger partial charge in [0.05, 0.1) is 6.10 Å². The second-order valence-electron chi connectivity index (χ2n) is 9.57. The first-order valence-corrected chi connectivity index (χ1v) is 12.1. The van der Waals surface area contributed by atoms with Crippen molar-refractivity contribution in [2.45, 2.75) is 149 Å². The third kappa shape index (κ3) is 23.1. The first-order chi connectivity index (χ1) is 13.7. The first-order valence-electron chi connectivity index (χ1n) is 12.1. The Morgan fingerprint density at radius 2 is 0.897 bits per heavy atom. The van der Waals surface area contributed by atoms with E-state index in [4.69, 9.17) is 9.47 Å². The van der Waals surface area contributed by atoms with E-state index in [0.717, 1.165) is 25.7 Å². The molecule has 0 bridgehead atoms. The Kier molecular flexibility index (Phi) is 17.1. The van der Waals surface area contributed by atoms with E-state index in [2.05, 4.69) is 0 Å². The molecule has 0 aromatic rings. The van der Waals surface area contributed by atoms with Gasteiger partial charge >= 0.3 is 11.9 Å². The predicted octanol–water partition coefficient (Wildman–Crippen LogP) is 7.52. The van der Waals surface area contributed by atoms with E-state index in [9.17, 15) is 9.59 Å². The van der Waals surface area contributed by atoms with Crippen molar-refractivity contribution in [1.29, 1.82) is 0 Å². The number of rotatable bonds is 18. The zero-order valence-corrected chi connectivity index (χ0v) is 20.0. The zero-order valence-electron chi connectivity index (χ0n) is 20.0. The SMILES string of the molecule is CC(C)OC(=O)CCCCCCCCCCCCCCCCC(=O)OC(C)(C)C. The van der Waals surface area contributed by atoms with Crippen LogP contribution in [0.5, 0.6) is 0 Å². The minimum atomic E-state index is -0.361. The van der Waals surface area contributed by atoms with E-state index < -0.39 is 0 Å². The third-order valence-electron chi connectivity index (χ3n) is 4.80. The summed E-state index contributed by atoms with van der Waals surface area (Å²) >= 11 is 0. The van der Waals surface area contributed by atoms with E-state index in [1.165, 1.54) is 64.2 Å². The lowest BCUT2D eigenvalue weighted by atomic mass is 10.0. The number of ether oxygens (including phenoxy) is 2.